The summed E-state index contributed by atoms with van der Waals surface area (Å²) >= 11 is 0. The zero-order valence-corrected chi connectivity index (χ0v) is 15.1. The van der Waals surface area contributed by atoms with E-state index in [1.165, 1.54) is 0 Å². The molecule has 0 fully saturated rings. The molecule has 1 heterocycles. The first-order valence-corrected chi connectivity index (χ1v) is 9.14. The zero-order valence-electron chi connectivity index (χ0n) is 14.3. The second-order valence-electron chi connectivity index (χ2n) is 5.74. The SMILES string of the molecule is COCN(C(C)Cc1ccc2c(c1)OCO2)[P+](=O)Oc1ccccc1. The van der Waals surface area contributed by atoms with Crippen LogP contribution < -0.4 is 14.0 Å². The summed E-state index contributed by atoms with van der Waals surface area (Å²) in [5, 5.41) is 0. The smallest absolute Gasteiger partial charge is 0.454 e. The molecule has 2 atom stereocenters. The molecule has 0 aliphatic carbocycles. The quantitative estimate of drug-likeness (QED) is 0.523. The standard InChI is InChI=1S/C18H21NO5P/c1-14(10-15-8-9-17-18(11-15)23-13-22-17)19(12-21-2)25(20)24-16-6-4-3-5-7-16/h3-9,11,14H,10,12-13H2,1-2H3/q+1. The van der Waals surface area contributed by atoms with Crippen molar-refractivity contribution < 1.29 is 23.3 Å². The van der Waals surface area contributed by atoms with Gasteiger partial charge in [-0.15, -0.1) is 0 Å². The molecule has 0 N–H and O–H groups in total. The first-order valence-electron chi connectivity index (χ1n) is 8.01. The minimum absolute atomic E-state index is 0.0485. The summed E-state index contributed by atoms with van der Waals surface area (Å²) in [5.41, 5.74) is 1.07. The summed E-state index contributed by atoms with van der Waals surface area (Å²) < 4.78 is 35.9. The Labute approximate surface area is 148 Å². The van der Waals surface area contributed by atoms with Crippen LogP contribution in [0, 0.1) is 0 Å². The summed E-state index contributed by atoms with van der Waals surface area (Å²) in [6.07, 6.45) is 0.680. The van der Waals surface area contributed by atoms with Gasteiger partial charge in [-0.05, 0) is 47.8 Å². The predicted octanol–water partition coefficient (Wildman–Crippen LogP) is 3.99. The lowest BCUT2D eigenvalue weighted by Gasteiger charge is -2.17. The van der Waals surface area contributed by atoms with Gasteiger partial charge in [-0.3, -0.25) is 0 Å². The molecule has 0 amide bonds. The molecule has 6 nitrogen and oxygen atoms in total. The molecule has 2 aromatic rings. The number of fused-ring (bicyclic) bond motifs is 1. The van der Waals surface area contributed by atoms with E-state index >= 15 is 0 Å². The fourth-order valence-electron chi connectivity index (χ4n) is 2.61. The third-order valence-electron chi connectivity index (χ3n) is 3.87. The Kier molecular flexibility index (Phi) is 5.87. The van der Waals surface area contributed by atoms with Gasteiger partial charge < -0.3 is 14.2 Å². The fourth-order valence-corrected chi connectivity index (χ4v) is 3.63. The Morgan fingerprint density at radius 3 is 2.68 bits per heavy atom. The van der Waals surface area contributed by atoms with Crippen molar-refractivity contribution in [3.05, 3.63) is 54.1 Å². The van der Waals surface area contributed by atoms with Crippen LogP contribution in [0.25, 0.3) is 0 Å². The third kappa shape index (κ3) is 4.48. The Hall–Kier alpha value is -2.14. The number of hydrogen-bond acceptors (Lipinski definition) is 5. The molecular formula is C18H21NO5P+. The highest BCUT2D eigenvalue weighted by atomic mass is 31.1. The number of para-hydroxylation sites is 1. The van der Waals surface area contributed by atoms with E-state index in [0.29, 0.717) is 12.2 Å². The first kappa shape index (κ1) is 17.7. The van der Waals surface area contributed by atoms with Crippen molar-refractivity contribution in [2.24, 2.45) is 0 Å². The number of rotatable bonds is 8. The Bertz CT molecular complexity index is 725. The largest absolute Gasteiger partial charge is 0.669 e. The number of ether oxygens (including phenoxy) is 3. The van der Waals surface area contributed by atoms with E-state index in [1.54, 1.807) is 23.9 Å². The van der Waals surface area contributed by atoms with Gasteiger partial charge in [0.25, 0.3) is 0 Å². The van der Waals surface area contributed by atoms with E-state index in [9.17, 15) is 4.57 Å². The van der Waals surface area contributed by atoms with Gasteiger partial charge in [0.2, 0.25) is 6.79 Å². The number of benzene rings is 2. The summed E-state index contributed by atoms with van der Waals surface area (Å²) in [6.45, 7) is 2.46. The molecule has 0 radical (unpaired) electrons. The lowest BCUT2D eigenvalue weighted by molar-refractivity contribution is 0.0928. The van der Waals surface area contributed by atoms with Gasteiger partial charge >= 0.3 is 8.18 Å². The molecule has 0 saturated carbocycles. The monoisotopic (exact) mass is 362 g/mol. The molecule has 2 aromatic carbocycles. The van der Waals surface area contributed by atoms with Crippen LogP contribution in [-0.2, 0) is 15.7 Å². The second-order valence-corrected chi connectivity index (χ2v) is 6.91. The minimum atomic E-state index is -2.06. The zero-order chi connectivity index (χ0) is 17.6. The van der Waals surface area contributed by atoms with E-state index in [0.717, 1.165) is 17.1 Å². The van der Waals surface area contributed by atoms with Crippen molar-refractivity contribution in [2.75, 3.05) is 20.6 Å². The van der Waals surface area contributed by atoms with E-state index in [4.69, 9.17) is 18.7 Å². The maximum absolute atomic E-state index is 12.6. The average molecular weight is 362 g/mol. The van der Waals surface area contributed by atoms with Crippen LogP contribution in [-0.4, -0.2) is 31.3 Å². The van der Waals surface area contributed by atoms with Crippen LogP contribution in [0.15, 0.2) is 48.5 Å². The summed E-state index contributed by atoms with van der Waals surface area (Å²) in [5.74, 6) is 2.07. The maximum Gasteiger partial charge on any atom is 0.669 e. The Morgan fingerprint density at radius 1 is 1.16 bits per heavy atom. The molecule has 0 saturated heterocycles. The molecule has 2 unspecified atom stereocenters. The van der Waals surface area contributed by atoms with Gasteiger partial charge in [0.05, 0.1) is 6.04 Å². The third-order valence-corrected chi connectivity index (χ3v) is 5.17. The maximum atomic E-state index is 12.6. The van der Waals surface area contributed by atoms with E-state index < -0.39 is 8.18 Å². The van der Waals surface area contributed by atoms with Gasteiger partial charge in [0.15, 0.2) is 17.2 Å². The first-order chi connectivity index (χ1) is 12.2. The molecule has 3 rings (SSSR count). The number of nitrogens with zero attached hydrogens (tertiary/aromatic N) is 1. The van der Waals surface area contributed by atoms with Crippen LogP contribution in [0.1, 0.15) is 12.5 Å². The van der Waals surface area contributed by atoms with E-state index in [1.807, 2.05) is 43.3 Å². The van der Waals surface area contributed by atoms with Crippen molar-refractivity contribution in [1.82, 2.24) is 4.67 Å². The van der Waals surface area contributed by atoms with Crippen molar-refractivity contribution >= 4 is 8.18 Å². The summed E-state index contributed by atoms with van der Waals surface area (Å²) in [4.78, 5) is 0. The summed E-state index contributed by atoms with van der Waals surface area (Å²) in [7, 11) is -0.489. The molecule has 1 aliphatic heterocycles. The molecule has 0 spiro atoms. The molecular weight excluding hydrogens is 341 g/mol. The van der Waals surface area contributed by atoms with Gasteiger partial charge in [-0.25, -0.2) is 4.52 Å². The van der Waals surface area contributed by atoms with Gasteiger partial charge in [0, 0.05) is 11.7 Å². The van der Waals surface area contributed by atoms with Crippen LogP contribution >= 0.6 is 8.18 Å². The normalized spacial score (nSPS) is 14.4. The van der Waals surface area contributed by atoms with Crippen LogP contribution in [0.3, 0.4) is 0 Å². The van der Waals surface area contributed by atoms with Crippen LogP contribution in [0.4, 0.5) is 0 Å². The Balaban J connectivity index is 1.67. The second kappa shape index (κ2) is 8.30. The highest BCUT2D eigenvalue weighted by molar-refractivity contribution is 7.36. The average Bonchev–Trinajstić information content (AvgIpc) is 3.08. The van der Waals surface area contributed by atoms with Gasteiger partial charge in [-0.1, -0.05) is 24.3 Å². The molecule has 0 bridgehead atoms. The predicted molar refractivity (Wildman–Crippen MR) is 94.1 cm³/mol. The highest BCUT2D eigenvalue weighted by Crippen LogP contribution is 2.36. The fraction of sp³-hybridized carbons (Fsp3) is 0.333. The Morgan fingerprint density at radius 2 is 1.92 bits per heavy atom. The van der Waals surface area contributed by atoms with Crippen molar-refractivity contribution in [1.29, 1.82) is 0 Å². The number of methoxy groups -OCH3 is 1. The molecule has 25 heavy (non-hydrogen) atoms. The van der Waals surface area contributed by atoms with Gasteiger partial charge in [-0.2, -0.15) is 0 Å². The van der Waals surface area contributed by atoms with Crippen molar-refractivity contribution in [2.45, 2.75) is 19.4 Å². The van der Waals surface area contributed by atoms with Crippen LogP contribution in [0.5, 0.6) is 17.2 Å². The van der Waals surface area contributed by atoms with Crippen molar-refractivity contribution in [3.8, 4) is 17.2 Å². The van der Waals surface area contributed by atoms with E-state index in [-0.39, 0.29) is 19.6 Å². The van der Waals surface area contributed by atoms with Gasteiger partial charge in [0.1, 0.15) is 6.73 Å². The van der Waals surface area contributed by atoms with E-state index in [2.05, 4.69) is 0 Å². The minimum Gasteiger partial charge on any atom is -0.454 e. The number of hydrogen-bond donors (Lipinski definition) is 0. The highest BCUT2D eigenvalue weighted by Gasteiger charge is 2.36. The molecule has 0 aromatic heterocycles. The lowest BCUT2D eigenvalue weighted by atomic mass is 10.1. The molecule has 1 aliphatic rings. The lowest BCUT2D eigenvalue weighted by Crippen LogP contribution is -2.31. The van der Waals surface area contributed by atoms with Crippen molar-refractivity contribution in [3.63, 3.8) is 0 Å². The summed E-state index contributed by atoms with van der Waals surface area (Å²) in [6, 6.07) is 14.9. The molecule has 132 valence electrons. The van der Waals surface area contributed by atoms with Crippen LogP contribution in [0.2, 0.25) is 0 Å². The molecule has 7 heteroatoms. The topological polar surface area (TPSA) is 57.2 Å².